The summed E-state index contributed by atoms with van der Waals surface area (Å²) in [6, 6.07) is 3.88. The summed E-state index contributed by atoms with van der Waals surface area (Å²) in [5, 5.41) is 0.941. The van der Waals surface area contributed by atoms with Crippen LogP contribution in [0, 0.1) is 6.92 Å². The summed E-state index contributed by atoms with van der Waals surface area (Å²) in [6.07, 6.45) is 2.31. The number of halogens is 1. The van der Waals surface area contributed by atoms with Crippen LogP contribution in [0.15, 0.2) is 16.6 Å². The van der Waals surface area contributed by atoms with Crippen LogP contribution in [0.1, 0.15) is 18.5 Å². The van der Waals surface area contributed by atoms with Crippen LogP contribution in [-0.2, 0) is 4.74 Å². The number of ether oxygens (including phenoxy) is 2. The topological polar surface area (TPSA) is 70.3 Å². The van der Waals surface area contributed by atoms with Crippen LogP contribution in [0.5, 0.6) is 5.75 Å². The zero-order valence-corrected chi connectivity index (χ0v) is 12.8. The minimum Gasteiger partial charge on any atom is -0.489 e. The fraction of sp³-hybridized carbons (Fsp3) is 0.429. The Kier molecular flexibility index (Phi) is 3.76. The van der Waals surface area contributed by atoms with Crippen molar-refractivity contribution in [2.45, 2.75) is 25.9 Å². The summed E-state index contributed by atoms with van der Waals surface area (Å²) >= 11 is 3.49. The number of benzene rings is 1. The first-order valence-corrected chi connectivity index (χ1v) is 7.40. The van der Waals surface area contributed by atoms with Crippen molar-refractivity contribution in [1.82, 2.24) is 9.97 Å². The van der Waals surface area contributed by atoms with Crippen LogP contribution in [0.3, 0.4) is 0 Å². The Morgan fingerprint density at radius 1 is 1.45 bits per heavy atom. The highest BCUT2D eigenvalue weighted by Gasteiger charge is 2.17. The molecule has 0 amide bonds. The van der Waals surface area contributed by atoms with Gasteiger partial charge >= 0.3 is 0 Å². The minimum absolute atomic E-state index is 0.171. The van der Waals surface area contributed by atoms with Crippen LogP contribution in [0.2, 0.25) is 0 Å². The van der Waals surface area contributed by atoms with Crippen LogP contribution in [-0.4, -0.2) is 29.3 Å². The van der Waals surface area contributed by atoms with E-state index in [0.717, 1.165) is 40.5 Å². The third kappa shape index (κ3) is 2.71. The molecular formula is C14H16BrN3O2. The quantitative estimate of drug-likeness (QED) is 0.932. The van der Waals surface area contributed by atoms with Gasteiger partial charge in [0.2, 0.25) is 5.95 Å². The van der Waals surface area contributed by atoms with E-state index in [0.29, 0.717) is 12.4 Å². The Morgan fingerprint density at radius 2 is 2.30 bits per heavy atom. The molecule has 1 atom stereocenters. The second kappa shape index (κ2) is 5.54. The maximum Gasteiger partial charge on any atom is 0.220 e. The number of anilines is 1. The van der Waals surface area contributed by atoms with E-state index >= 15 is 0 Å². The van der Waals surface area contributed by atoms with Gasteiger partial charge in [-0.15, -0.1) is 0 Å². The largest absolute Gasteiger partial charge is 0.489 e. The predicted octanol–water partition coefficient (Wildman–Crippen LogP) is 2.84. The van der Waals surface area contributed by atoms with Crippen LogP contribution in [0.25, 0.3) is 10.9 Å². The molecule has 2 aromatic rings. The van der Waals surface area contributed by atoms with Gasteiger partial charge in [0.15, 0.2) is 0 Å². The Morgan fingerprint density at radius 3 is 3.05 bits per heavy atom. The number of hydrogen-bond donors (Lipinski definition) is 1. The predicted molar refractivity (Wildman–Crippen MR) is 80.9 cm³/mol. The van der Waals surface area contributed by atoms with Gasteiger partial charge in [0.05, 0.1) is 11.8 Å². The lowest BCUT2D eigenvalue weighted by molar-refractivity contribution is 0.0684. The van der Waals surface area contributed by atoms with E-state index in [2.05, 4.69) is 25.9 Å². The second-order valence-electron chi connectivity index (χ2n) is 4.91. The van der Waals surface area contributed by atoms with Gasteiger partial charge < -0.3 is 15.2 Å². The van der Waals surface area contributed by atoms with Gasteiger partial charge in [-0.05, 0) is 31.9 Å². The molecule has 106 valence electrons. The molecule has 1 saturated heterocycles. The summed E-state index contributed by atoms with van der Waals surface area (Å²) in [5.74, 6) is 0.973. The highest BCUT2D eigenvalue weighted by molar-refractivity contribution is 9.10. The first-order chi connectivity index (χ1) is 9.63. The maximum absolute atomic E-state index is 5.89. The summed E-state index contributed by atoms with van der Waals surface area (Å²) in [7, 11) is 0. The third-order valence-corrected chi connectivity index (χ3v) is 3.84. The SMILES string of the molecule is Cc1nc(N)nc2c(OCC3CCCO3)cc(Br)cc12. The van der Waals surface area contributed by atoms with Gasteiger partial charge in [-0.3, -0.25) is 0 Å². The average Bonchev–Trinajstić information content (AvgIpc) is 2.90. The van der Waals surface area contributed by atoms with Crippen molar-refractivity contribution in [2.24, 2.45) is 0 Å². The molecule has 0 aliphatic carbocycles. The van der Waals surface area contributed by atoms with Gasteiger partial charge in [-0.2, -0.15) is 0 Å². The van der Waals surface area contributed by atoms with E-state index in [1.165, 1.54) is 0 Å². The van der Waals surface area contributed by atoms with Crippen molar-refractivity contribution >= 4 is 32.8 Å². The number of hydrogen-bond acceptors (Lipinski definition) is 5. The number of nitrogens with zero attached hydrogens (tertiary/aromatic N) is 2. The van der Waals surface area contributed by atoms with Crippen LogP contribution >= 0.6 is 15.9 Å². The zero-order chi connectivity index (χ0) is 14.1. The third-order valence-electron chi connectivity index (χ3n) is 3.39. The molecule has 6 heteroatoms. The van der Waals surface area contributed by atoms with E-state index < -0.39 is 0 Å². The lowest BCUT2D eigenvalue weighted by Gasteiger charge is -2.14. The molecular weight excluding hydrogens is 322 g/mol. The van der Waals surface area contributed by atoms with Crippen LogP contribution in [0.4, 0.5) is 5.95 Å². The zero-order valence-electron chi connectivity index (χ0n) is 11.2. The van der Waals surface area contributed by atoms with Crippen molar-refractivity contribution < 1.29 is 9.47 Å². The minimum atomic E-state index is 0.171. The summed E-state index contributed by atoms with van der Waals surface area (Å²) in [4.78, 5) is 8.49. The van der Waals surface area contributed by atoms with Crippen LogP contribution < -0.4 is 10.5 Å². The van der Waals surface area contributed by atoms with Crippen molar-refractivity contribution in [3.8, 4) is 5.75 Å². The number of nitrogens with two attached hydrogens (primary N) is 1. The van der Waals surface area contributed by atoms with Gasteiger partial charge in [0.25, 0.3) is 0 Å². The lowest BCUT2D eigenvalue weighted by Crippen LogP contribution is -2.16. The first-order valence-electron chi connectivity index (χ1n) is 6.61. The molecule has 1 aliphatic rings. The van der Waals surface area contributed by atoms with Gasteiger partial charge in [-0.1, -0.05) is 15.9 Å². The average molecular weight is 338 g/mol. The monoisotopic (exact) mass is 337 g/mol. The number of fused-ring (bicyclic) bond motifs is 1. The number of rotatable bonds is 3. The Bertz CT molecular complexity index is 642. The molecule has 0 saturated carbocycles. The Balaban J connectivity index is 1.95. The van der Waals surface area contributed by atoms with E-state index in [1.54, 1.807) is 0 Å². The lowest BCUT2D eigenvalue weighted by atomic mass is 10.2. The summed E-state index contributed by atoms with van der Waals surface area (Å²) in [6.45, 7) is 3.27. The fourth-order valence-electron chi connectivity index (χ4n) is 2.41. The summed E-state index contributed by atoms with van der Waals surface area (Å²) in [5.41, 5.74) is 7.33. The first kappa shape index (κ1) is 13.6. The molecule has 2 N–H and O–H groups in total. The number of aryl methyl sites for hydroxylation is 1. The van der Waals surface area contributed by atoms with E-state index in [9.17, 15) is 0 Å². The molecule has 3 rings (SSSR count). The summed E-state index contributed by atoms with van der Waals surface area (Å²) < 4.78 is 12.4. The maximum atomic E-state index is 5.89. The Hall–Kier alpha value is -1.40. The van der Waals surface area contributed by atoms with Crippen molar-refractivity contribution in [1.29, 1.82) is 0 Å². The molecule has 1 aliphatic heterocycles. The van der Waals surface area contributed by atoms with Crippen molar-refractivity contribution in [3.05, 3.63) is 22.3 Å². The molecule has 1 fully saturated rings. The van der Waals surface area contributed by atoms with Gasteiger partial charge in [-0.25, -0.2) is 9.97 Å². The molecule has 5 nitrogen and oxygen atoms in total. The normalized spacial score (nSPS) is 18.6. The number of nitrogen functional groups attached to an aromatic ring is 1. The van der Waals surface area contributed by atoms with Gasteiger partial charge in [0, 0.05) is 16.5 Å². The van der Waals surface area contributed by atoms with E-state index in [-0.39, 0.29) is 12.1 Å². The second-order valence-corrected chi connectivity index (χ2v) is 5.83. The standard InChI is InChI=1S/C14H16BrN3O2/c1-8-11-5-9(15)6-12(13(11)18-14(16)17-8)20-7-10-3-2-4-19-10/h5-6,10H,2-4,7H2,1H3,(H2,16,17,18). The van der Waals surface area contributed by atoms with Crippen molar-refractivity contribution in [3.63, 3.8) is 0 Å². The fourth-order valence-corrected chi connectivity index (χ4v) is 2.84. The molecule has 0 radical (unpaired) electrons. The molecule has 0 spiro atoms. The van der Waals surface area contributed by atoms with E-state index in [1.807, 2.05) is 19.1 Å². The molecule has 1 aromatic carbocycles. The number of aromatic nitrogens is 2. The molecule has 1 unspecified atom stereocenters. The molecule has 0 bridgehead atoms. The molecule has 2 heterocycles. The van der Waals surface area contributed by atoms with E-state index in [4.69, 9.17) is 15.2 Å². The van der Waals surface area contributed by atoms with Crippen molar-refractivity contribution in [2.75, 3.05) is 18.9 Å². The highest BCUT2D eigenvalue weighted by Crippen LogP contribution is 2.31. The Labute approximate surface area is 125 Å². The van der Waals surface area contributed by atoms with Gasteiger partial charge in [0.1, 0.15) is 17.9 Å². The molecule has 20 heavy (non-hydrogen) atoms. The smallest absolute Gasteiger partial charge is 0.220 e. The highest BCUT2D eigenvalue weighted by atomic mass is 79.9. The molecule has 1 aromatic heterocycles.